The van der Waals surface area contributed by atoms with E-state index in [1.807, 2.05) is 13.8 Å². The van der Waals surface area contributed by atoms with Crippen molar-refractivity contribution in [2.45, 2.75) is 54.4 Å². The van der Waals surface area contributed by atoms with E-state index in [0.29, 0.717) is 16.8 Å². The summed E-state index contributed by atoms with van der Waals surface area (Å²) in [5.41, 5.74) is 7.82. The van der Waals surface area contributed by atoms with Gasteiger partial charge in [0.15, 0.2) is 0 Å². The van der Waals surface area contributed by atoms with Crippen LogP contribution in [0.4, 0.5) is 17.1 Å². The lowest BCUT2D eigenvalue weighted by atomic mass is 10.1. The maximum absolute atomic E-state index is 11.3. The summed E-state index contributed by atoms with van der Waals surface area (Å²) in [5.74, 6) is 1.30. The zero-order valence-corrected chi connectivity index (χ0v) is 25.9. The van der Waals surface area contributed by atoms with Crippen LogP contribution >= 0.6 is 0 Å². The van der Waals surface area contributed by atoms with Crippen molar-refractivity contribution in [3.05, 3.63) is 53.6 Å². The van der Waals surface area contributed by atoms with Gasteiger partial charge in [-0.3, -0.25) is 4.79 Å². The molecule has 2 rings (SSSR count). The first-order chi connectivity index (χ1) is 18.7. The third-order valence-electron chi connectivity index (χ3n) is 5.34. The van der Waals surface area contributed by atoms with E-state index >= 15 is 0 Å². The number of anilines is 2. The number of hydrogen-bond acceptors (Lipinski definition) is 7. The van der Waals surface area contributed by atoms with Crippen LogP contribution < -0.4 is 16.4 Å². The van der Waals surface area contributed by atoms with E-state index in [1.165, 1.54) is 40.1 Å². The van der Waals surface area contributed by atoms with Gasteiger partial charge in [0.1, 0.15) is 6.29 Å². The van der Waals surface area contributed by atoms with Crippen molar-refractivity contribution in [2.24, 2.45) is 22.6 Å². The standard InChI is InChI=1S/C17H17N3O3.C11H25N.C2H6.CH5N/c1-18-16-9-12(10-21)3-8-15(16)20-11-19-14-6-4-13(5-7-14)17(22)23-2;1-10(2)6-8-12(5)9-7-11(3)4;2*1-2/h3-11,18H,1-2H3,(H,19,20);10-11H,6-9H2,1-5H3;1-2H3;2H2,1H3. The zero-order chi connectivity index (χ0) is 30.2. The van der Waals surface area contributed by atoms with Crippen LogP contribution in [0.5, 0.6) is 0 Å². The number of esters is 1. The Morgan fingerprint density at radius 2 is 1.54 bits per heavy atom. The molecule has 220 valence electrons. The highest BCUT2D eigenvalue weighted by molar-refractivity contribution is 5.90. The quantitative estimate of drug-likeness (QED) is 0.118. The molecule has 0 radical (unpaired) electrons. The highest BCUT2D eigenvalue weighted by Crippen LogP contribution is 2.25. The first-order valence-corrected chi connectivity index (χ1v) is 13.7. The molecule has 0 aliphatic rings. The van der Waals surface area contributed by atoms with E-state index in [4.69, 9.17) is 0 Å². The molecule has 2 aromatic carbocycles. The molecule has 0 bridgehead atoms. The summed E-state index contributed by atoms with van der Waals surface area (Å²) >= 11 is 0. The van der Waals surface area contributed by atoms with E-state index in [0.717, 1.165) is 29.5 Å². The molecule has 0 unspecified atom stereocenters. The second kappa shape index (κ2) is 23.9. The Kier molecular flexibility index (Phi) is 23.2. The van der Waals surface area contributed by atoms with Crippen molar-refractivity contribution in [3.8, 4) is 0 Å². The van der Waals surface area contributed by atoms with Gasteiger partial charge in [0.25, 0.3) is 0 Å². The molecule has 0 amide bonds. The number of nitrogens with one attached hydrogen (secondary N) is 2. The lowest BCUT2D eigenvalue weighted by Crippen LogP contribution is -2.23. The Labute approximate surface area is 237 Å². The van der Waals surface area contributed by atoms with Crippen LogP contribution in [0.15, 0.2) is 47.5 Å². The SMILES string of the molecule is CC.CC(C)CCN(C)CCC(C)C.CN.CNc1cc(C=O)ccc1N=CNc1ccc(C(=O)OC)cc1. The van der Waals surface area contributed by atoms with E-state index in [1.54, 1.807) is 55.9 Å². The highest BCUT2D eigenvalue weighted by atomic mass is 16.5. The van der Waals surface area contributed by atoms with E-state index in [-0.39, 0.29) is 5.97 Å². The maximum Gasteiger partial charge on any atom is 0.337 e. The van der Waals surface area contributed by atoms with Crippen molar-refractivity contribution in [1.29, 1.82) is 0 Å². The van der Waals surface area contributed by atoms with Gasteiger partial charge < -0.3 is 26.0 Å². The lowest BCUT2D eigenvalue weighted by Gasteiger charge is -2.18. The molecule has 8 nitrogen and oxygen atoms in total. The van der Waals surface area contributed by atoms with Crippen molar-refractivity contribution >= 4 is 35.7 Å². The molecule has 2 aromatic rings. The van der Waals surface area contributed by atoms with Crippen molar-refractivity contribution < 1.29 is 14.3 Å². The summed E-state index contributed by atoms with van der Waals surface area (Å²) in [6.45, 7) is 15.7. The summed E-state index contributed by atoms with van der Waals surface area (Å²) in [6.07, 6.45) is 4.99. The van der Waals surface area contributed by atoms with Gasteiger partial charge in [-0.1, -0.05) is 41.5 Å². The molecule has 0 fully saturated rings. The number of aliphatic imine (C=N–C) groups is 1. The third kappa shape index (κ3) is 17.8. The van der Waals surface area contributed by atoms with Gasteiger partial charge in [0, 0.05) is 18.3 Å². The zero-order valence-electron chi connectivity index (χ0n) is 25.9. The van der Waals surface area contributed by atoms with E-state index in [2.05, 4.69) is 65.7 Å². The summed E-state index contributed by atoms with van der Waals surface area (Å²) in [4.78, 5) is 28.9. The smallest absolute Gasteiger partial charge is 0.337 e. The summed E-state index contributed by atoms with van der Waals surface area (Å²) < 4.78 is 4.64. The predicted octanol–water partition coefficient (Wildman–Crippen LogP) is 6.71. The molecular formula is C31H53N5O3. The Bertz CT molecular complexity index is 916. The van der Waals surface area contributed by atoms with E-state index in [9.17, 15) is 9.59 Å². The average molecular weight is 544 g/mol. The van der Waals surface area contributed by atoms with Crippen LogP contribution in [0, 0.1) is 11.8 Å². The Morgan fingerprint density at radius 1 is 1.00 bits per heavy atom. The van der Waals surface area contributed by atoms with Crippen LogP contribution in [0.1, 0.15) is 75.1 Å². The van der Waals surface area contributed by atoms with Gasteiger partial charge in [-0.15, -0.1) is 0 Å². The number of methoxy groups -OCH3 is 1. The second-order valence-electron chi connectivity index (χ2n) is 9.28. The number of benzene rings is 2. The molecule has 0 heterocycles. The van der Waals surface area contributed by atoms with Crippen LogP contribution in [-0.2, 0) is 4.74 Å². The summed E-state index contributed by atoms with van der Waals surface area (Å²) in [6, 6.07) is 12.0. The molecule has 0 atom stereocenters. The molecule has 0 saturated heterocycles. The fourth-order valence-electron chi connectivity index (χ4n) is 3.01. The van der Waals surface area contributed by atoms with Gasteiger partial charge in [-0.25, -0.2) is 9.79 Å². The predicted molar refractivity (Wildman–Crippen MR) is 169 cm³/mol. The third-order valence-corrected chi connectivity index (χ3v) is 5.34. The van der Waals surface area contributed by atoms with Gasteiger partial charge in [-0.05, 0) is 94.3 Å². The molecular weight excluding hydrogens is 490 g/mol. The molecule has 4 N–H and O–H groups in total. The number of ether oxygens (including phenoxy) is 1. The fourth-order valence-corrected chi connectivity index (χ4v) is 3.01. The largest absolute Gasteiger partial charge is 0.465 e. The lowest BCUT2D eigenvalue weighted by molar-refractivity contribution is 0.0600. The number of hydrogen-bond donors (Lipinski definition) is 3. The molecule has 8 heteroatoms. The first-order valence-electron chi connectivity index (χ1n) is 13.7. The monoisotopic (exact) mass is 543 g/mol. The summed E-state index contributed by atoms with van der Waals surface area (Å²) in [5, 5.41) is 6.01. The van der Waals surface area contributed by atoms with Crippen LogP contribution in [0.2, 0.25) is 0 Å². The normalized spacial score (nSPS) is 10.1. The molecule has 0 spiro atoms. The summed E-state index contributed by atoms with van der Waals surface area (Å²) in [7, 11) is 6.84. The Balaban J connectivity index is 0. The van der Waals surface area contributed by atoms with E-state index < -0.39 is 0 Å². The van der Waals surface area contributed by atoms with Crippen molar-refractivity contribution in [1.82, 2.24) is 4.90 Å². The Morgan fingerprint density at radius 3 is 1.97 bits per heavy atom. The van der Waals surface area contributed by atoms with Crippen LogP contribution in [0.25, 0.3) is 0 Å². The molecule has 0 aliphatic carbocycles. The number of nitrogens with zero attached hydrogens (tertiary/aromatic N) is 2. The minimum atomic E-state index is -0.376. The molecule has 0 saturated carbocycles. The van der Waals surface area contributed by atoms with Crippen molar-refractivity contribution in [2.75, 3.05) is 52.0 Å². The number of aldehydes is 1. The topological polar surface area (TPSA) is 109 Å². The van der Waals surface area contributed by atoms with Crippen molar-refractivity contribution in [3.63, 3.8) is 0 Å². The number of rotatable bonds is 12. The minimum absolute atomic E-state index is 0.376. The number of carbonyl (C=O) groups excluding carboxylic acids is 2. The average Bonchev–Trinajstić information content (AvgIpc) is 2.97. The molecule has 39 heavy (non-hydrogen) atoms. The van der Waals surface area contributed by atoms with Gasteiger partial charge in [0.2, 0.25) is 0 Å². The van der Waals surface area contributed by atoms with Gasteiger partial charge in [-0.2, -0.15) is 0 Å². The number of nitrogens with two attached hydrogens (primary N) is 1. The molecule has 0 aromatic heterocycles. The number of carbonyl (C=O) groups is 2. The first kappa shape index (κ1) is 37.9. The van der Waals surface area contributed by atoms with Gasteiger partial charge in [0.05, 0.1) is 30.4 Å². The fraction of sp³-hybridized carbons (Fsp3) is 0.516. The highest BCUT2D eigenvalue weighted by Gasteiger charge is 2.04. The van der Waals surface area contributed by atoms with Crippen LogP contribution in [-0.4, -0.2) is 64.8 Å². The van der Waals surface area contributed by atoms with Crippen LogP contribution in [0.3, 0.4) is 0 Å². The molecule has 0 aliphatic heterocycles. The van der Waals surface area contributed by atoms with Gasteiger partial charge >= 0.3 is 5.97 Å². The minimum Gasteiger partial charge on any atom is -0.465 e. The maximum atomic E-state index is 11.3. The Hall–Kier alpha value is -3.23. The second-order valence-corrected chi connectivity index (χ2v) is 9.28.